The summed E-state index contributed by atoms with van der Waals surface area (Å²) in [5.74, 6) is 2.10. The zero-order valence-corrected chi connectivity index (χ0v) is 79.9. The van der Waals surface area contributed by atoms with Gasteiger partial charge in [-0.05, 0) is 220 Å². The summed E-state index contributed by atoms with van der Waals surface area (Å²) in [4.78, 5) is 44.1. The van der Waals surface area contributed by atoms with E-state index >= 15 is 0 Å². The summed E-state index contributed by atoms with van der Waals surface area (Å²) in [5, 5.41) is 12.4. The monoisotopic (exact) mass is 1870 g/mol. The molecule has 9 nitrogen and oxygen atoms in total. The quantitative estimate of drug-likeness (QED) is 0.0925. The number of aromatic nitrogens is 9. The summed E-state index contributed by atoms with van der Waals surface area (Å²) in [6, 6.07) is 174. The molecule has 0 unspecified atom stereocenters. The Morgan fingerprint density at radius 3 is 0.973 bits per heavy atom. The smallest absolute Gasteiger partial charge is 0.160 e. The van der Waals surface area contributed by atoms with Gasteiger partial charge in [0.1, 0.15) is 0 Å². The van der Waals surface area contributed by atoms with E-state index in [1.165, 1.54) is 126 Å². The summed E-state index contributed by atoms with van der Waals surface area (Å²) in [7, 11) is 0. The van der Waals surface area contributed by atoms with Gasteiger partial charge in [0.15, 0.2) is 17.5 Å². The molecule has 0 bridgehead atoms. The Morgan fingerprint density at radius 2 is 0.469 bits per heavy atom. The van der Waals surface area contributed by atoms with Crippen molar-refractivity contribution in [3.05, 3.63) is 563 Å². The van der Waals surface area contributed by atoms with Crippen molar-refractivity contribution in [2.75, 3.05) is 0 Å². The number of hydrogen-bond acceptors (Lipinski definition) is 9. The molecule has 0 N–H and O–H groups in total. The topological polar surface area (TPSA) is 116 Å². The molecule has 28 rings (SSSR count). The lowest BCUT2D eigenvalue weighted by Gasteiger charge is -2.30. The first-order valence-corrected chi connectivity index (χ1v) is 49.7. The van der Waals surface area contributed by atoms with Crippen LogP contribution < -0.4 is 0 Å². The van der Waals surface area contributed by atoms with Gasteiger partial charge in [-0.2, -0.15) is 0 Å². The van der Waals surface area contributed by atoms with Crippen LogP contribution in [0, 0.1) is 0 Å². The highest BCUT2D eigenvalue weighted by atomic mass is 14.9. The fourth-order valence-corrected chi connectivity index (χ4v) is 21.9. The predicted octanol–water partition coefficient (Wildman–Crippen LogP) is 34.7. The molecule has 2 aliphatic rings. The Labute approximate surface area is 851 Å². The maximum Gasteiger partial charge on any atom is 0.160 e. The van der Waals surface area contributed by atoms with Crippen LogP contribution in [0.4, 0.5) is 0 Å². The Kier molecular flexibility index (Phi) is 22.7. The van der Waals surface area contributed by atoms with Crippen molar-refractivity contribution < 1.29 is 0 Å². The van der Waals surface area contributed by atoms with E-state index in [-0.39, 0.29) is 0 Å². The lowest BCUT2D eigenvalue weighted by molar-refractivity contribution is 0.794. The van der Waals surface area contributed by atoms with Crippen molar-refractivity contribution in [1.29, 1.82) is 0 Å². The molecule has 20 aromatic carbocycles. The van der Waals surface area contributed by atoms with E-state index in [9.17, 15) is 0 Å². The van der Waals surface area contributed by atoms with Crippen molar-refractivity contribution in [2.45, 2.75) is 5.41 Å². The fourth-order valence-electron chi connectivity index (χ4n) is 21.9. The average Bonchev–Trinajstić information content (AvgIpc) is 1.50. The van der Waals surface area contributed by atoms with E-state index in [1.807, 2.05) is 91.8 Å². The summed E-state index contributed by atoms with van der Waals surface area (Å²) in [6.45, 7) is 0. The molecular formula is C138H89N9. The number of pyridine rings is 3. The number of hydrogen-bond donors (Lipinski definition) is 0. The van der Waals surface area contributed by atoms with Crippen LogP contribution in [0.3, 0.4) is 0 Å². The number of fused-ring (bicyclic) bond motifs is 18. The maximum atomic E-state index is 5.39. The molecule has 26 aromatic rings. The van der Waals surface area contributed by atoms with E-state index < -0.39 is 5.41 Å². The summed E-state index contributed by atoms with van der Waals surface area (Å²) < 4.78 is 0. The van der Waals surface area contributed by atoms with Crippen LogP contribution >= 0.6 is 0 Å². The molecule has 6 heterocycles. The van der Waals surface area contributed by atoms with Crippen molar-refractivity contribution in [3.8, 4) is 190 Å². The molecule has 0 fully saturated rings. The van der Waals surface area contributed by atoms with E-state index in [2.05, 4.69) is 452 Å². The minimum atomic E-state index is -0.453. The first-order chi connectivity index (χ1) is 72.9. The number of nitrogens with zero attached hydrogens (tertiary/aromatic N) is 9. The minimum Gasteiger partial charge on any atom is -0.264 e. The SMILES string of the molecule is c1ccc(-c2cccc(-c3nc(-c4ccc5c6ccccc6c6ccccc6c5c4)ncc3-c3cccc(-c4cccnc4)c3)c2)cc1.c1ccc(-c2ncc(-c3cccc(-c4cccnc4)c3)c(-c3ccc(-c4cccc5ccccc45)cc3)n2)cc1.c1cncc(-c2cccc(-c3cc(-c4ccc(-c5cccc6ccccc56)cc4)nc(-c4ccc5c(c4)C4(c6ccccc6-c6ccccc64)c4ccccc4-5)n3)c2)c1. The Morgan fingerprint density at radius 1 is 0.143 bits per heavy atom. The molecule has 0 atom stereocenters. The molecule has 6 aromatic heterocycles. The third-order valence-electron chi connectivity index (χ3n) is 28.9. The van der Waals surface area contributed by atoms with E-state index in [0.717, 1.165) is 123 Å². The Bertz CT molecular complexity index is 9420. The fraction of sp³-hybridized carbons (Fsp3) is 0.00725. The van der Waals surface area contributed by atoms with Gasteiger partial charge in [-0.3, -0.25) is 15.0 Å². The van der Waals surface area contributed by atoms with Crippen molar-refractivity contribution in [2.24, 2.45) is 0 Å². The second kappa shape index (κ2) is 38.1. The van der Waals surface area contributed by atoms with Crippen molar-refractivity contribution in [1.82, 2.24) is 44.9 Å². The van der Waals surface area contributed by atoms with Crippen LogP contribution in [-0.2, 0) is 5.41 Å². The standard InChI is InChI=1S/C56H35N3.C45H29N3.C37H25N3/c1-2-17-43-36(12-1)13-10-21-44(43)37-25-27-38(28-26-37)53-34-54(40-15-9-14-39(32-40)42-16-11-31-57-35-42)59-55(58-53)41-29-30-48-47-20-5-8-24-51(47)56(52(48)33-41)49-22-6-3-18-45(49)46-19-4-7-23-50(46)56;1-2-11-30(12-3-1)31-13-9-16-34(26-31)44-43(33-15-8-14-32(25-33)36-17-10-24-46-28-36)29-47-45(48-44)35-22-23-41-39-20-5-4-18-37(39)38-19-6-7-21-40(38)42(41)27-35;1-2-10-29(11-3-1)37-39-25-35(31-14-6-13-30(23-31)32-15-8-22-38-24-32)36(40-37)28-20-18-27(19-21-28)34-17-7-12-26-9-4-5-16-33(26)34/h1-35H;1-29H;1-25H. The zero-order valence-electron chi connectivity index (χ0n) is 79.9. The van der Waals surface area contributed by atoms with Crippen LogP contribution in [0.1, 0.15) is 22.3 Å². The third kappa shape index (κ3) is 16.4. The van der Waals surface area contributed by atoms with Gasteiger partial charge in [0.25, 0.3) is 0 Å². The van der Waals surface area contributed by atoms with Gasteiger partial charge >= 0.3 is 0 Å². The van der Waals surface area contributed by atoms with Crippen LogP contribution in [0.5, 0.6) is 0 Å². The molecule has 147 heavy (non-hydrogen) atoms. The van der Waals surface area contributed by atoms with Gasteiger partial charge in [0.2, 0.25) is 0 Å². The molecule has 0 radical (unpaired) electrons. The molecule has 0 saturated carbocycles. The summed E-state index contributed by atoms with van der Waals surface area (Å²) in [5.41, 5.74) is 38.2. The van der Waals surface area contributed by atoms with Crippen LogP contribution in [0.15, 0.2) is 541 Å². The molecule has 686 valence electrons. The van der Waals surface area contributed by atoms with Crippen LogP contribution in [-0.4, -0.2) is 44.9 Å². The first-order valence-electron chi connectivity index (χ1n) is 49.7. The normalized spacial score (nSPS) is 11.9. The first kappa shape index (κ1) is 87.6. The molecule has 2 aliphatic carbocycles. The molecule has 0 amide bonds. The molecule has 0 saturated heterocycles. The van der Waals surface area contributed by atoms with Crippen molar-refractivity contribution >= 4 is 53.9 Å². The third-order valence-corrected chi connectivity index (χ3v) is 28.9. The van der Waals surface area contributed by atoms with Gasteiger partial charge in [-0.25, -0.2) is 29.9 Å². The summed E-state index contributed by atoms with van der Waals surface area (Å²) in [6.07, 6.45) is 15.0. The van der Waals surface area contributed by atoms with Gasteiger partial charge in [-0.1, -0.05) is 431 Å². The highest BCUT2D eigenvalue weighted by molar-refractivity contribution is 6.26. The largest absolute Gasteiger partial charge is 0.264 e. The van der Waals surface area contributed by atoms with Crippen LogP contribution in [0.2, 0.25) is 0 Å². The molecule has 0 aliphatic heterocycles. The van der Waals surface area contributed by atoms with Gasteiger partial charge in [0.05, 0.1) is 28.2 Å². The minimum absolute atomic E-state index is 0.453. The molecular weight excluding hydrogens is 1780 g/mol. The summed E-state index contributed by atoms with van der Waals surface area (Å²) >= 11 is 0. The second-order valence-corrected chi connectivity index (χ2v) is 37.4. The van der Waals surface area contributed by atoms with E-state index in [1.54, 1.807) is 12.4 Å². The average molecular weight is 1870 g/mol. The molecule has 1 spiro atoms. The Hall–Kier alpha value is -19.6. The number of rotatable bonds is 15. The number of benzene rings is 20. The Balaban J connectivity index is 0.000000114. The van der Waals surface area contributed by atoms with Gasteiger partial charge < -0.3 is 0 Å². The van der Waals surface area contributed by atoms with Gasteiger partial charge in [0, 0.05) is 116 Å². The van der Waals surface area contributed by atoms with E-state index in [4.69, 9.17) is 29.9 Å². The molecule has 9 heteroatoms. The highest BCUT2D eigenvalue weighted by Crippen LogP contribution is 2.63. The lowest BCUT2D eigenvalue weighted by atomic mass is 9.70. The second-order valence-electron chi connectivity index (χ2n) is 37.4. The van der Waals surface area contributed by atoms with Gasteiger partial charge in [-0.15, -0.1) is 0 Å². The predicted molar refractivity (Wildman–Crippen MR) is 605 cm³/mol. The lowest BCUT2D eigenvalue weighted by Crippen LogP contribution is -2.25. The van der Waals surface area contributed by atoms with Crippen LogP contribution in [0.25, 0.3) is 244 Å². The van der Waals surface area contributed by atoms with E-state index in [0.29, 0.717) is 17.5 Å². The zero-order chi connectivity index (χ0) is 97.5. The highest BCUT2D eigenvalue weighted by Gasteiger charge is 2.52. The van der Waals surface area contributed by atoms with Crippen molar-refractivity contribution in [3.63, 3.8) is 0 Å². The maximum absolute atomic E-state index is 5.39.